The quantitative estimate of drug-likeness (QED) is 0.0361. The topological polar surface area (TPSA) is 318 Å². The van der Waals surface area contributed by atoms with Gasteiger partial charge in [0.05, 0.1) is 76.3 Å². The lowest BCUT2D eigenvalue weighted by Gasteiger charge is -2.19. The summed E-state index contributed by atoms with van der Waals surface area (Å²) >= 11 is 0. The maximum atomic E-state index is 11.8. The van der Waals surface area contributed by atoms with E-state index in [-0.39, 0.29) is 31.9 Å². The van der Waals surface area contributed by atoms with Crippen LogP contribution in [0.25, 0.3) is 33.7 Å². The molecule has 372 valence electrons. The first-order chi connectivity index (χ1) is 34.3. The summed E-state index contributed by atoms with van der Waals surface area (Å²) in [5.41, 5.74) is 9.87. The lowest BCUT2D eigenvalue weighted by Crippen LogP contribution is -2.23. The monoisotopic (exact) mass is 973 g/mol. The average Bonchev–Trinajstić information content (AvgIpc) is 4.18. The summed E-state index contributed by atoms with van der Waals surface area (Å²) in [5.74, 6) is 0.326. The summed E-state index contributed by atoms with van der Waals surface area (Å²) in [4.78, 5) is 51.0. The van der Waals surface area contributed by atoms with Crippen molar-refractivity contribution in [3.63, 3.8) is 0 Å². The lowest BCUT2D eigenvalue weighted by atomic mass is 10.1. The molecule has 6 aromatic heterocycles. The molecule has 25 heteroatoms. The Morgan fingerprint density at radius 2 is 1.08 bits per heavy atom. The average molecular weight is 974 g/mol. The second kappa shape index (κ2) is 24.1. The van der Waals surface area contributed by atoms with Gasteiger partial charge in [-0.1, -0.05) is 10.4 Å². The van der Waals surface area contributed by atoms with Crippen molar-refractivity contribution in [3.8, 4) is 22.9 Å². The number of nitrogens with one attached hydrogen (secondary N) is 2. The molecule has 0 aliphatic rings. The number of aromatic nitrogens is 14. The van der Waals surface area contributed by atoms with Crippen LogP contribution in [0.5, 0.6) is 11.5 Å². The molecule has 0 aliphatic carbocycles. The fraction of sp³-hybridized carbons (Fsp3) is 0.370. The maximum absolute atomic E-state index is 11.8. The van der Waals surface area contributed by atoms with Gasteiger partial charge < -0.3 is 40.8 Å². The van der Waals surface area contributed by atoms with Crippen LogP contribution < -0.4 is 25.8 Å². The highest BCUT2D eigenvalue weighted by Crippen LogP contribution is 2.23. The van der Waals surface area contributed by atoms with E-state index in [4.69, 9.17) is 30.2 Å². The molecular formula is C46H55N17O8. The van der Waals surface area contributed by atoms with E-state index in [0.29, 0.717) is 71.8 Å². The molecule has 0 aliphatic heterocycles. The molecule has 25 nitrogen and oxygen atoms in total. The van der Waals surface area contributed by atoms with Crippen LogP contribution in [-0.2, 0) is 32.2 Å². The van der Waals surface area contributed by atoms with E-state index in [1.165, 1.54) is 18.7 Å². The number of nitrogens with two attached hydrogens (primary N) is 1. The minimum atomic E-state index is -0.895. The van der Waals surface area contributed by atoms with Gasteiger partial charge in [-0.05, 0) is 108 Å². The second-order valence-electron chi connectivity index (χ2n) is 16.9. The Balaban J connectivity index is 0.000000213. The Kier molecular flexibility index (Phi) is 17.1. The fourth-order valence-corrected chi connectivity index (χ4v) is 6.61. The summed E-state index contributed by atoms with van der Waals surface area (Å²) in [6.45, 7) is 7.96. The number of rotatable bonds is 24. The number of esters is 1. The number of ether oxygens (including phenoxy) is 3. The Labute approximate surface area is 406 Å². The third-order valence-electron chi connectivity index (χ3n) is 10.0. The highest BCUT2D eigenvalue weighted by atomic mass is 16.6. The van der Waals surface area contributed by atoms with Crippen LogP contribution in [-0.4, -0.2) is 123 Å². The van der Waals surface area contributed by atoms with Crippen LogP contribution in [0.3, 0.4) is 0 Å². The van der Waals surface area contributed by atoms with Gasteiger partial charge in [-0.2, -0.15) is 29.5 Å². The van der Waals surface area contributed by atoms with Crippen molar-refractivity contribution in [2.45, 2.75) is 90.8 Å². The molecule has 2 aromatic carbocycles. The van der Waals surface area contributed by atoms with E-state index in [1.54, 1.807) is 37.2 Å². The summed E-state index contributed by atoms with van der Waals surface area (Å²) in [6.07, 6.45) is 14.4. The molecule has 0 saturated heterocycles. The standard InChI is InChI=1S/C26H32N8O5.C20H23N9O3/c1-26(2,3)39-23(37)7-5-4-6-14-38-20-10-8-18(9-11-20)29-25-27-16-21-24(30-25)34(32-31-21)19-15-28-33(17-19)13-12-22(35)36;21-8-1-2-10-32-16-5-3-14(4-6-16)24-20-22-12-17-19(25-20)29(27-26-17)15-11-23-28(13-15)9-7-18(30)31/h8-11,15-17H,4-7,12-14H2,1-3H3,(H,35,36)(H,27,29,30);3-6,11-13H,1-2,7-10,21H2,(H,30,31)(H,22,24,25). The molecule has 0 fully saturated rings. The van der Waals surface area contributed by atoms with Crippen molar-refractivity contribution in [2.24, 2.45) is 5.73 Å². The summed E-state index contributed by atoms with van der Waals surface area (Å²) in [6, 6.07) is 15.0. The predicted octanol–water partition coefficient (Wildman–Crippen LogP) is 5.65. The van der Waals surface area contributed by atoms with Crippen LogP contribution >= 0.6 is 0 Å². The van der Waals surface area contributed by atoms with E-state index in [9.17, 15) is 14.4 Å². The minimum absolute atomic E-state index is 0.0208. The molecule has 0 amide bonds. The number of hydrogen-bond donors (Lipinski definition) is 5. The van der Waals surface area contributed by atoms with Gasteiger partial charge in [0.15, 0.2) is 22.3 Å². The first-order valence-corrected chi connectivity index (χ1v) is 22.9. The van der Waals surface area contributed by atoms with Crippen LogP contribution in [0.2, 0.25) is 0 Å². The van der Waals surface area contributed by atoms with Crippen LogP contribution in [0.1, 0.15) is 72.1 Å². The largest absolute Gasteiger partial charge is 0.494 e. The van der Waals surface area contributed by atoms with E-state index in [1.807, 2.05) is 69.3 Å². The number of carbonyl (C=O) groups excluding carboxylic acids is 1. The van der Waals surface area contributed by atoms with Crippen LogP contribution in [0.15, 0.2) is 85.7 Å². The third kappa shape index (κ3) is 15.2. The molecule has 6 heterocycles. The Morgan fingerprint density at radius 3 is 1.52 bits per heavy atom. The predicted molar refractivity (Wildman–Crippen MR) is 258 cm³/mol. The molecule has 0 atom stereocenters. The molecule has 0 radical (unpaired) electrons. The molecule has 8 rings (SSSR count). The molecule has 0 spiro atoms. The first-order valence-electron chi connectivity index (χ1n) is 22.9. The van der Waals surface area contributed by atoms with Gasteiger partial charge in [0.2, 0.25) is 11.9 Å². The lowest BCUT2D eigenvalue weighted by molar-refractivity contribution is -0.155. The van der Waals surface area contributed by atoms with Crippen molar-refractivity contribution in [3.05, 3.63) is 85.7 Å². The van der Waals surface area contributed by atoms with E-state index in [0.717, 1.165) is 55.0 Å². The third-order valence-corrected chi connectivity index (χ3v) is 10.0. The summed E-state index contributed by atoms with van der Waals surface area (Å²) in [5, 5.41) is 48.8. The Morgan fingerprint density at radius 1 is 0.620 bits per heavy atom. The number of aliphatic carboxylic acids is 2. The zero-order chi connectivity index (χ0) is 50.2. The van der Waals surface area contributed by atoms with Gasteiger partial charge in [-0.3, -0.25) is 23.7 Å². The number of anilines is 4. The smallest absolute Gasteiger partial charge is 0.306 e. The first kappa shape index (κ1) is 50.3. The number of hydrogen-bond acceptors (Lipinski definition) is 19. The normalized spacial score (nSPS) is 11.3. The van der Waals surface area contributed by atoms with Gasteiger partial charge in [-0.15, -0.1) is 10.2 Å². The van der Waals surface area contributed by atoms with Gasteiger partial charge in [-0.25, -0.2) is 9.97 Å². The second-order valence-corrected chi connectivity index (χ2v) is 16.9. The van der Waals surface area contributed by atoms with E-state index in [2.05, 4.69) is 61.4 Å². The minimum Gasteiger partial charge on any atom is -0.494 e. The number of carbonyl (C=O) groups is 3. The van der Waals surface area contributed by atoms with Crippen molar-refractivity contribution < 1.29 is 38.8 Å². The maximum Gasteiger partial charge on any atom is 0.306 e. The summed E-state index contributed by atoms with van der Waals surface area (Å²) < 4.78 is 22.9. The van der Waals surface area contributed by atoms with E-state index >= 15 is 0 Å². The number of aryl methyl sites for hydroxylation is 2. The number of carboxylic acid groups (broad SMARTS) is 2. The molecule has 0 bridgehead atoms. The Bertz CT molecular complexity index is 3000. The Hall–Kier alpha value is -8.61. The van der Waals surface area contributed by atoms with Gasteiger partial charge >= 0.3 is 17.9 Å². The van der Waals surface area contributed by atoms with Gasteiger partial charge in [0, 0.05) is 17.8 Å². The number of carboxylic acids is 2. The number of benzene rings is 2. The highest BCUT2D eigenvalue weighted by Gasteiger charge is 2.17. The van der Waals surface area contributed by atoms with Crippen LogP contribution in [0, 0.1) is 0 Å². The summed E-state index contributed by atoms with van der Waals surface area (Å²) in [7, 11) is 0. The zero-order valence-corrected chi connectivity index (χ0v) is 39.5. The van der Waals surface area contributed by atoms with Crippen molar-refractivity contribution in [2.75, 3.05) is 30.4 Å². The fourth-order valence-electron chi connectivity index (χ4n) is 6.61. The van der Waals surface area contributed by atoms with E-state index < -0.39 is 17.5 Å². The van der Waals surface area contributed by atoms with Crippen molar-refractivity contribution in [1.29, 1.82) is 0 Å². The number of nitrogens with zero attached hydrogens (tertiary/aromatic N) is 14. The van der Waals surface area contributed by atoms with Crippen molar-refractivity contribution in [1.82, 2.24) is 69.5 Å². The van der Waals surface area contributed by atoms with Crippen molar-refractivity contribution >= 4 is 63.5 Å². The molecule has 0 saturated carbocycles. The molecule has 0 unspecified atom stereocenters. The van der Waals surface area contributed by atoms with Gasteiger partial charge in [0.25, 0.3) is 0 Å². The molecule has 71 heavy (non-hydrogen) atoms. The number of fused-ring (bicyclic) bond motifs is 2. The zero-order valence-electron chi connectivity index (χ0n) is 39.5. The van der Waals surface area contributed by atoms with Gasteiger partial charge in [0.1, 0.15) is 28.5 Å². The van der Waals surface area contributed by atoms with Crippen LogP contribution in [0.4, 0.5) is 23.3 Å². The SMILES string of the molecule is CC(C)(C)OC(=O)CCCCCOc1ccc(Nc2ncc3nnn(-c4cnn(CCC(=O)O)c4)c3n2)cc1.NCCCCOc1ccc(Nc2ncc3nnn(-c4cnn(CCC(=O)O)c4)c3n2)cc1. The molecule has 8 aromatic rings. The number of unbranched alkanes of at least 4 members (excludes halogenated alkanes) is 3. The molecule has 6 N–H and O–H groups in total. The molecular weight excluding hydrogens is 919 g/mol. The highest BCUT2D eigenvalue weighted by molar-refractivity contribution is 5.74.